The molecule has 0 aromatic carbocycles. The van der Waals surface area contributed by atoms with Gasteiger partial charge in [-0.3, -0.25) is 4.79 Å². The lowest BCUT2D eigenvalue weighted by Gasteiger charge is -2.20. The SMILES string of the molecule is CC(CCNC(=O)OC(C)(C)C)NC(=O)c1ccc(F)nc1. The Morgan fingerprint density at radius 2 is 2.05 bits per heavy atom. The molecule has 6 nitrogen and oxygen atoms in total. The van der Waals surface area contributed by atoms with E-state index in [9.17, 15) is 14.0 Å². The molecule has 0 radical (unpaired) electrons. The first-order valence-electron chi connectivity index (χ1n) is 7.06. The summed E-state index contributed by atoms with van der Waals surface area (Å²) in [7, 11) is 0. The fourth-order valence-corrected chi connectivity index (χ4v) is 1.59. The summed E-state index contributed by atoms with van der Waals surface area (Å²) in [5, 5.41) is 5.36. The molecule has 1 atom stereocenters. The zero-order valence-electron chi connectivity index (χ0n) is 13.3. The molecular formula is C15H22FN3O3. The number of ether oxygens (including phenoxy) is 1. The lowest BCUT2D eigenvalue weighted by atomic mass is 10.2. The van der Waals surface area contributed by atoms with Gasteiger partial charge in [-0.25, -0.2) is 9.78 Å². The summed E-state index contributed by atoms with van der Waals surface area (Å²) in [6.45, 7) is 7.54. The fraction of sp³-hybridized carbons (Fsp3) is 0.533. The van der Waals surface area contributed by atoms with E-state index in [0.717, 1.165) is 6.07 Å². The van der Waals surface area contributed by atoms with E-state index in [1.807, 2.05) is 6.92 Å². The molecule has 7 heteroatoms. The highest BCUT2D eigenvalue weighted by Gasteiger charge is 2.16. The summed E-state index contributed by atoms with van der Waals surface area (Å²) in [5.74, 6) is -0.969. The van der Waals surface area contributed by atoms with Gasteiger partial charge >= 0.3 is 6.09 Å². The molecule has 22 heavy (non-hydrogen) atoms. The Kier molecular flexibility index (Phi) is 6.27. The van der Waals surface area contributed by atoms with E-state index in [1.165, 1.54) is 12.3 Å². The minimum Gasteiger partial charge on any atom is -0.444 e. The second-order valence-corrected chi connectivity index (χ2v) is 5.96. The van der Waals surface area contributed by atoms with Crippen LogP contribution in [0.2, 0.25) is 0 Å². The molecule has 2 N–H and O–H groups in total. The molecule has 0 saturated carbocycles. The van der Waals surface area contributed by atoms with E-state index in [4.69, 9.17) is 4.74 Å². The molecule has 0 aliphatic rings. The van der Waals surface area contributed by atoms with Crippen LogP contribution < -0.4 is 10.6 Å². The molecule has 0 aliphatic heterocycles. The third kappa shape index (κ3) is 7.01. The molecule has 1 heterocycles. The number of nitrogens with zero attached hydrogens (tertiary/aromatic N) is 1. The van der Waals surface area contributed by atoms with Crippen LogP contribution in [-0.4, -0.2) is 35.2 Å². The number of rotatable bonds is 5. The molecule has 2 amide bonds. The van der Waals surface area contributed by atoms with E-state index in [0.29, 0.717) is 13.0 Å². The van der Waals surface area contributed by atoms with Crippen molar-refractivity contribution < 1.29 is 18.7 Å². The average molecular weight is 311 g/mol. The van der Waals surface area contributed by atoms with Crippen LogP contribution in [0.1, 0.15) is 44.5 Å². The van der Waals surface area contributed by atoms with Crippen LogP contribution in [0.4, 0.5) is 9.18 Å². The zero-order chi connectivity index (χ0) is 16.8. The number of halogens is 1. The van der Waals surface area contributed by atoms with Crippen molar-refractivity contribution in [1.82, 2.24) is 15.6 Å². The molecule has 0 fully saturated rings. The lowest BCUT2D eigenvalue weighted by Crippen LogP contribution is -2.37. The van der Waals surface area contributed by atoms with Gasteiger partial charge in [-0.05, 0) is 46.2 Å². The molecule has 0 saturated heterocycles. The molecule has 1 rings (SSSR count). The Morgan fingerprint density at radius 3 is 2.59 bits per heavy atom. The highest BCUT2D eigenvalue weighted by Crippen LogP contribution is 2.06. The second kappa shape index (κ2) is 7.72. The molecule has 0 spiro atoms. The summed E-state index contributed by atoms with van der Waals surface area (Å²) in [6, 6.07) is 2.33. The highest BCUT2D eigenvalue weighted by molar-refractivity contribution is 5.93. The predicted molar refractivity (Wildman–Crippen MR) is 80.0 cm³/mol. The Morgan fingerprint density at radius 1 is 1.36 bits per heavy atom. The molecular weight excluding hydrogens is 289 g/mol. The molecule has 1 aromatic heterocycles. The van der Waals surface area contributed by atoms with Crippen molar-refractivity contribution in [3.63, 3.8) is 0 Å². The number of carbonyl (C=O) groups is 2. The second-order valence-electron chi connectivity index (χ2n) is 5.96. The van der Waals surface area contributed by atoms with Crippen LogP contribution >= 0.6 is 0 Å². The van der Waals surface area contributed by atoms with Crippen molar-refractivity contribution in [2.75, 3.05) is 6.54 Å². The van der Waals surface area contributed by atoms with E-state index in [-0.39, 0.29) is 17.5 Å². The number of amides is 2. The first-order chi connectivity index (χ1) is 10.2. The predicted octanol–water partition coefficient (Wildman–Crippen LogP) is 2.25. The van der Waals surface area contributed by atoms with E-state index in [1.54, 1.807) is 20.8 Å². The fourth-order valence-electron chi connectivity index (χ4n) is 1.59. The van der Waals surface area contributed by atoms with Crippen LogP contribution in [0.25, 0.3) is 0 Å². The van der Waals surface area contributed by atoms with Crippen molar-refractivity contribution in [3.05, 3.63) is 29.8 Å². The third-order valence-corrected chi connectivity index (χ3v) is 2.61. The standard InChI is InChI=1S/C15H22FN3O3/c1-10(7-8-17-14(21)22-15(2,3)4)19-13(20)11-5-6-12(16)18-9-11/h5-6,9-10H,7-8H2,1-4H3,(H,17,21)(H,19,20). The van der Waals surface area contributed by atoms with Gasteiger partial charge in [0, 0.05) is 18.8 Å². The quantitative estimate of drug-likeness (QED) is 0.817. The van der Waals surface area contributed by atoms with Crippen molar-refractivity contribution in [2.45, 2.75) is 45.8 Å². The number of carbonyl (C=O) groups excluding carboxylic acids is 2. The van der Waals surface area contributed by atoms with Gasteiger partial charge in [0.25, 0.3) is 5.91 Å². The van der Waals surface area contributed by atoms with Crippen LogP contribution in [0.15, 0.2) is 18.3 Å². The average Bonchev–Trinajstić information content (AvgIpc) is 2.37. The van der Waals surface area contributed by atoms with Gasteiger partial charge in [0.2, 0.25) is 5.95 Å². The minimum atomic E-state index is -0.633. The molecule has 0 aliphatic carbocycles. The summed E-state index contributed by atoms with van der Waals surface area (Å²) >= 11 is 0. The van der Waals surface area contributed by atoms with E-state index >= 15 is 0 Å². The highest BCUT2D eigenvalue weighted by atomic mass is 19.1. The topological polar surface area (TPSA) is 80.3 Å². The summed E-state index contributed by atoms with van der Waals surface area (Å²) in [4.78, 5) is 26.7. The molecule has 1 unspecified atom stereocenters. The molecule has 122 valence electrons. The van der Waals surface area contributed by atoms with Gasteiger partial charge in [0.1, 0.15) is 5.60 Å². The van der Waals surface area contributed by atoms with Crippen molar-refractivity contribution >= 4 is 12.0 Å². The normalized spacial score (nSPS) is 12.4. The Bertz CT molecular complexity index is 512. The van der Waals surface area contributed by atoms with E-state index < -0.39 is 17.6 Å². The van der Waals surface area contributed by atoms with Crippen molar-refractivity contribution in [1.29, 1.82) is 0 Å². The number of alkyl carbamates (subject to hydrolysis) is 1. The zero-order valence-corrected chi connectivity index (χ0v) is 13.3. The van der Waals surface area contributed by atoms with Crippen LogP contribution in [0.5, 0.6) is 0 Å². The van der Waals surface area contributed by atoms with Gasteiger partial charge in [-0.1, -0.05) is 0 Å². The number of pyridine rings is 1. The van der Waals surface area contributed by atoms with E-state index in [2.05, 4.69) is 15.6 Å². The van der Waals surface area contributed by atoms with Gasteiger partial charge in [0.15, 0.2) is 0 Å². The van der Waals surface area contributed by atoms with Gasteiger partial charge in [0.05, 0.1) is 5.56 Å². The van der Waals surface area contributed by atoms with Crippen LogP contribution in [0.3, 0.4) is 0 Å². The minimum absolute atomic E-state index is 0.160. The summed E-state index contributed by atoms with van der Waals surface area (Å²) in [6.07, 6.45) is 1.23. The van der Waals surface area contributed by atoms with Crippen LogP contribution in [-0.2, 0) is 4.74 Å². The third-order valence-electron chi connectivity index (χ3n) is 2.61. The lowest BCUT2D eigenvalue weighted by molar-refractivity contribution is 0.0526. The Hall–Kier alpha value is -2.18. The first kappa shape index (κ1) is 17.9. The smallest absolute Gasteiger partial charge is 0.407 e. The number of nitrogens with one attached hydrogen (secondary N) is 2. The number of hydrogen-bond donors (Lipinski definition) is 2. The van der Waals surface area contributed by atoms with Gasteiger partial charge in [-0.2, -0.15) is 4.39 Å². The maximum atomic E-state index is 12.7. The first-order valence-corrected chi connectivity index (χ1v) is 7.06. The Balaban J connectivity index is 2.31. The monoisotopic (exact) mass is 311 g/mol. The molecule has 0 bridgehead atoms. The van der Waals surface area contributed by atoms with Crippen molar-refractivity contribution in [2.24, 2.45) is 0 Å². The number of hydrogen-bond acceptors (Lipinski definition) is 4. The molecule has 1 aromatic rings. The summed E-state index contributed by atoms with van der Waals surface area (Å²) in [5.41, 5.74) is -0.257. The van der Waals surface area contributed by atoms with Crippen molar-refractivity contribution in [3.8, 4) is 0 Å². The maximum absolute atomic E-state index is 12.7. The largest absolute Gasteiger partial charge is 0.444 e. The van der Waals surface area contributed by atoms with Crippen LogP contribution in [0, 0.1) is 5.95 Å². The number of aromatic nitrogens is 1. The van der Waals surface area contributed by atoms with Gasteiger partial charge in [-0.15, -0.1) is 0 Å². The maximum Gasteiger partial charge on any atom is 0.407 e. The Labute approximate surface area is 129 Å². The summed E-state index contributed by atoms with van der Waals surface area (Å²) < 4.78 is 17.8. The van der Waals surface area contributed by atoms with Gasteiger partial charge < -0.3 is 15.4 Å².